The predicted molar refractivity (Wildman–Crippen MR) is 177 cm³/mol. The van der Waals surface area contributed by atoms with Gasteiger partial charge in [-0.1, -0.05) is 103 Å². The lowest BCUT2D eigenvalue weighted by Gasteiger charge is -2.17. The van der Waals surface area contributed by atoms with Crippen molar-refractivity contribution >= 4 is 76.2 Å². The van der Waals surface area contributed by atoms with E-state index in [1.54, 1.807) is 0 Å². The predicted octanol–water partition coefficient (Wildman–Crippen LogP) is 11.4. The molecule has 1 N–H and O–H groups in total. The smallest absolute Gasteiger partial charge is 0.143 e. The normalized spacial score (nSPS) is 12.3. The summed E-state index contributed by atoms with van der Waals surface area (Å²) < 4.78 is 12.9. The first-order valence-electron chi connectivity index (χ1n) is 14.5. The summed E-state index contributed by atoms with van der Waals surface area (Å²) in [6, 6.07) is 43.8. The lowest BCUT2D eigenvalue weighted by molar-refractivity contribution is 0.482. The van der Waals surface area contributed by atoms with Crippen LogP contribution in [0, 0.1) is 0 Å². The highest BCUT2D eigenvalue weighted by Crippen LogP contribution is 2.48. The van der Waals surface area contributed by atoms with E-state index in [1.807, 2.05) is 42.5 Å². The molecule has 0 amide bonds. The summed E-state index contributed by atoms with van der Waals surface area (Å²) in [6.07, 6.45) is 0. The van der Waals surface area contributed by atoms with Crippen LogP contribution >= 0.6 is 0 Å². The lowest BCUT2D eigenvalue weighted by atomic mass is 9.86. The Kier molecular flexibility index (Phi) is 4.33. The number of phenols is 1. The molecule has 0 saturated heterocycles. The summed E-state index contributed by atoms with van der Waals surface area (Å²) in [7, 11) is 0. The molecule has 3 heteroatoms. The number of hydrogen-bond acceptors (Lipinski definition) is 3. The zero-order chi connectivity index (χ0) is 28.2. The van der Waals surface area contributed by atoms with Gasteiger partial charge in [0.25, 0.3) is 0 Å². The minimum absolute atomic E-state index is 0.259. The van der Waals surface area contributed by atoms with E-state index in [0.29, 0.717) is 0 Å². The van der Waals surface area contributed by atoms with Gasteiger partial charge in [0.05, 0.1) is 0 Å². The van der Waals surface area contributed by atoms with Crippen molar-refractivity contribution in [3.8, 4) is 28.0 Å². The van der Waals surface area contributed by atoms with Crippen molar-refractivity contribution in [1.29, 1.82) is 0 Å². The van der Waals surface area contributed by atoms with E-state index in [9.17, 15) is 5.11 Å². The fourth-order valence-electron chi connectivity index (χ4n) is 7.25. The van der Waals surface area contributed by atoms with E-state index in [0.717, 1.165) is 98.4 Å². The third-order valence-corrected chi connectivity index (χ3v) is 9.15. The molecule has 2 heterocycles. The molecule has 2 aromatic heterocycles. The van der Waals surface area contributed by atoms with Crippen molar-refractivity contribution < 1.29 is 13.9 Å². The third-order valence-electron chi connectivity index (χ3n) is 9.15. The Bertz CT molecular complexity index is 2740. The number of aromatic hydroxyl groups is 1. The first-order valence-corrected chi connectivity index (χ1v) is 14.5. The molecular weight excluding hydrogens is 528 g/mol. The van der Waals surface area contributed by atoms with Gasteiger partial charge in [0.15, 0.2) is 0 Å². The van der Waals surface area contributed by atoms with Gasteiger partial charge in [0, 0.05) is 43.4 Å². The molecule has 200 valence electrons. The molecule has 10 aromatic rings. The maximum absolute atomic E-state index is 11.5. The van der Waals surface area contributed by atoms with Crippen LogP contribution in [0.5, 0.6) is 5.75 Å². The average molecular weight is 551 g/mol. The first-order chi connectivity index (χ1) is 21.2. The van der Waals surface area contributed by atoms with Gasteiger partial charge >= 0.3 is 0 Å². The molecule has 0 radical (unpaired) electrons. The number of hydrogen-bond donors (Lipinski definition) is 1. The number of fused-ring (bicyclic) bond motifs is 6. The molecule has 8 aromatic carbocycles. The summed E-state index contributed by atoms with van der Waals surface area (Å²) in [5.74, 6) is 0.259. The highest BCUT2D eigenvalue weighted by atomic mass is 16.3. The average Bonchev–Trinajstić information content (AvgIpc) is 3.63. The van der Waals surface area contributed by atoms with Crippen LogP contribution in [-0.4, -0.2) is 5.11 Å². The quantitative estimate of drug-likeness (QED) is 0.218. The molecule has 0 saturated carbocycles. The van der Waals surface area contributed by atoms with Crippen molar-refractivity contribution in [2.75, 3.05) is 0 Å². The Morgan fingerprint density at radius 2 is 0.907 bits per heavy atom. The van der Waals surface area contributed by atoms with E-state index in [1.165, 1.54) is 0 Å². The van der Waals surface area contributed by atoms with Gasteiger partial charge in [-0.3, -0.25) is 0 Å². The second kappa shape index (κ2) is 8.15. The third kappa shape index (κ3) is 2.98. The van der Waals surface area contributed by atoms with Gasteiger partial charge in [0.1, 0.15) is 28.1 Å². The van der Waals surface area contributed by atoms with E-state index in [4.69, 9.17) is 8.83 Å². The van der Waals surface area contributed by atoms with Crippen LogP contribution in [0.25, 0.3) is 98.4 Å². The molecule has 0 unspecified atom stereocenters. The van der Waals surface area contributed by atoms with Gasteiger partial charge in [0.2, 0.25) is 0 Å². The van der Waals surface area contributed by atoms with Crippen LogP contribution in [0.2, 0.25) is 0 Å². The Balaban J connectivity index is 1.31. The van der Waals surface area contributed by atoms with Crippen LogP contribution < -0.4 is 0 Å². The van der Waals surface area contributed by atoms with Crippen LogP contribution in [0.1, 0.15) is 0 Å². The van der Waals surface area contributed by atoms with Crippen LogP contribution in [-0.2, 0) is 0 Å². The van der Waals surface area contributed by atoms with Gasteiger partial charge in [-0.15, -0.1) is 0 Å². The van der Waals surface area contributed by atoms with Crippen molar-refractivity contribution in [1.82, 2.24) is 0 Å². The molecule has 0 spiro atoms. The molecule has 0 bridgehead atoms. The van der Waals surface area contributed by atoms with Crippen LogP contribution in [0.15, 0.2) is 136 Å². The van der Waals surface area contributed by atoms with Crippen molar-refractivity contribution in [3.63, 3.8) is 0 Å². The number of furan rings is 2. The lowest BCUT2D eigenvalue weighted by Crippen LogP contribution is -1.90. The van der Waals surface area contributed by atoms with E-state index in [-0.39, 0.29) is 5.75 Å². The van der Waals surface area contributed by atoms with Crippen molar-refractivity contribution in [2.24, 2.45) is 0 Å². The topological polar surface area (TPSA) is 46.5 Å². The number of para-hydroxylation sites is 4. The van der Waals surface area contributed by atoms with Crippen molar-refractivity contribution in [3.05, 3.63) is 127 Å². The first kappa shape index (κ1) is 22.8. The molecule has 0 aliphatic rings. The van der Waals surface area contributed by atoms with Crippen molar-refractivity contribution in [2.45, 2.75) is 0 Å². The zero-order valence-electron chi connectivity index (χ0n) is 22.9. The minimum Gasteiger partial charge on any atom is -0.507 e. The van der Waals surface area contributed by atoms with Crippen LogP contribution in [0.3, 0.4) is 0 Å². The van der Waals surface area contributed by atoms with Gasteiger partial charge in [-0.05, 0) is 56.9 Å². The summed E-state index contributed by atoms with van der Waals surface area (Å²) in [6.45, 7) is 0. The molecule has 0 atom stereocenters. The van der Waals surface area contributed by atoms with E-state index < -0.39 is 0 Å². The largest absolute Gasteiger partial charge is 0.507 e. The monoisotopic (exact) mass is 550 g/mol. The second-order valence-corrected chi connectivity index (χ2v) is 11.4. The number of rotatable bonds is 2. The van der Waals surface area contributed by atoms with Gasteiger partial charge < -0.3 is 13.9 Å². The molecule has 0 fully saturated rings. The number of phenolic OH excluding ortho intramolecular Hbond substituents is 1. The second-order valence-electron chi connectivity index (χ2n) is 11.4. The Morgan fingerprint density at radius 3 is 1.60 bits per heavy atom. The van der Waals surface area contributed by atoms with Crippen LogP contribution in [0.4, 0.5) is 0 Å². The molecule has 43 heavy (non-hydrogen) atoms. The maximum atomic E-state index is 11.5. The standard InChI is InChI=1S/C40H22O3/c41-34-21-33(31-12-6-11-30-25-8-2-4-14-36(25)43-40(30)31)27-18-16-22-15-17-23(26-19-20-32(34)38(27)37(22)26)28-9-5-10-29-24-7-1-3-13-35(24)42-39(28)29/h1-21,41H. The molecule has 10 rings (SSSR count). The van der Waals surface area contributed by atoms with E-state index >= 15 is 0 Å². The molecule has 3 nitrogen and oxygen atoms in total. The zero-order valence-corrected chi connectivity index (χ0v) is 22.9. The Hall–Kier alpha value is -5.80. The fourth-order valence-corrected chi connectivity index (χ4v) is 7.25. The Morgan fingerprint density at radius 1 is 0.372 bits per heavy atom. The SMILES string of the molecule is Oc1cc(-c2cccc3c2oc2ccccc23)c2ccc3ccc(-c4cccc5c4oc4ccccc45)c4ccc1c2c34. The van der Waals surface area contributed by atoms with Gasteiger partial charge in [-0.25, -0.2) is 0 Å². The summed E-state index contributed by atoms with van der Waals surface area (Å²) >= 11 is 0. The minimum atomic E-state index is 0.259. The highest BCUT2D eigenvalue weighted by molar-refractivity contribution is 6.30. The fraction of sp³-hybridized carbons (Fsp3) is 0. The molecule has 0 aliphatic heterocycles. The molecular formula is C40H22O3. The molecule has 0 aliphatic carbocycles. The summed E-state index contributed by atoms with van der Waals surface area (Å²) in [4.78, 5) is 0. The highest BCUT2D eigenvalue weighted by Gasteiger charge is 2.21. The van der Waals surface area contributed by atoms with Gasteiger partial charge in [-0.2, -0.15) is 0 Å². The summed E-state index contributed by atoms with van der Waals surface area (Å²) in [5.41, 5.74) is 7.55. The maximum Gasteiger partial charge on any atom is 0.143 e. The Labute approximate surface area is 245 Å². The summed E-state index contributed by atoms with van der Waals surface area (Å²) in [5, 5.41) is 22.2. The van der Waals surface area contributed by atoms with E-state index in [2.05, 4.69) is 84.9 Å². The number of benzene rings is 8.